The van der Waals surface area contributed by atoms with Crippen molar-refractivity contribution in [3.63, 3.8) is 0 Å². The number of furan rings is 1. The van der Waals surface area contributed by atoms with Crippen LogP contribution >= 0.6 is 0 Å². The summed E-state index contributed by atoms with van der Waals surface area (Å²) in [5.74, 6) is -0.455. The zero-order valence-electron chi connectivity index (χ0n) is 18.9. The Morgan fingerprint density at radius 3 is 1.78 bits per heavy atom. The largest absolute Gasteiger partial charge is 0.456 e. The van der Waals surface area contributed by atoms with Crippen LogP contribution in [0.25, 0.3) is 43.9 Å². The Kier molecular flexibility index (Phi) is 4.45. The molecule has 0 aliphatic heterocycles. The molecule has 36 heavy (non-hydrogen) atoms. The Balaban J connectivity index is 1.45. The number of hydrogen-bond acceptors (Lipinski definition) is 4. The highest BCUT2D eigenvalue weighted by molar-refractivity contribution is 6.10. The van der Waals surface area contributed by atoms with Crippen molar-refractivity contribution in [2.24, 2.45) is 0 Å². The number of nitrogens with zero attached hydrogens (tertiary/aromatic N) is 1. The van der Waals surface area contributed by atoms with Crippen molar-refractivity contribution in [2.45, 2.75) is 0 Å². The van der Waals surface area contributed by atoms with Gasteiger partial charge in [-0.05, 0) is 54.6 Å². The van der Waals surface area contributed by atoms with E-state index >= 15 is 0 Å². The molecule has 0 atom stereocenters. The van der Waals surface area contributed by atoms with Crippen molar-refractivity contribution in [1.82, 2.24) is 0 Å². The van der Waals surface area contributed by atoms with Crippen molar-refractivity contribution in [1.29, 1.82) is 0 Å². The van der Waals surface area contributed by atoms with Crippen molar-refractivity contribution in [2.75, 3.05) is 4.90 Å². The molecule has 0 spiro atoms. The standard InChI is InChI=1S/C31H18FNO3/c32-19-11-13-24-27(15-19)35-30-18-29-25(17-26(30)31(24)34)23-14-12-22(16-28(23)36-29)33(20-7-3-1-4-8-20)21-9-5-2-6-10-21/h1-18H. The van der Waals surface area contributed by atoms with Gasteiger partial charge in [-0.2, -0.15) is 0 Å². The molecular weight excluding hydrogens is 453 g/mol. The monoisotopic (exact) mass is 471 g/mol. The van der Waals surface area contributed by atoms with Gasteiger partial charge in [0.05, 0.1) is 10.8 Å². The summed E-state index contributed by atoms with van der Waals surface area (Å²) in [7, 11) is 0. The highest BCUT2D eigenvalue weighted by Gasteiger charge is 2.17. The number of benzene rings is 5. The molecule has 7 aromatic rings. The molecule has 7 rings (SSSR count). The van der Waals surface area contributed by atoms with Crippen LogP contribution in [0.15, 0.2) is 123 Å². The normalized spacial score (nSPS) is 11.6. The minimum absolute atomic E-state index is 0.196. The lowest BCUT2D eigenvalue weighted by Gasteiger charge is -2.25. The molecule has 2 aromatic heterocycles. The van der Waals surface area contributed by atoms with Crippen LogP contribution in [0.4, 0.5) is 21.5 Å². The Bertz CT molecular complexity index is 1940. The van der Waals surface area contributed by atoms with E-state index in [4.69, 9.17) is 8.83 Å². The van der Waals surface area contributed by atoms with E-state index in [1.54, 1.807) is 12.1 Å². The van der Waals surface area contributed by atoms with Gasteiger partial charge in [-0.15, -0.1) is 0 Å². The molecule has 0 amide bonds. The average Bonchev–Trinajstić information content (AvgIpc) is 3.26. The third-order valence-corrected chi connectivity index (χ3v) is 6.50. The third kappa shape index (κ3) is 3.17. The van der Waals surface area contributed by atoms with Gasteiger partial charge in [0.25, 0.3) is 0 Å². The highest BCUT2D eigenvalue weighted by Crippen LogP contribution is 2.39. The van der Waals surface area contributed by atoms with Crippen molar-refractivity contribution in [3.8, 4) is 0 Å². The van der Waals surface area contributed by atoms with Crippen LogP contribution in [0, 0.1) is 5.82 Å². The predicted molar refractivity (Wildman–Crippen MR) is 142 cm³/mol. The molecule has 0 fully saturated rings. The van der Waals surface area contributed by atoms with Crippen LogP contribution < -0.4 is 10.3 Å². The Morgan fingerprint density at radius 2 is 1.08 bits per heavy atom. The van der Waals surface area contributed by atoms with E-state index in [0.717, 1.165) is 27.8 Å². The SMILES string of the molecule is O=c1c2ccc(F)cc2oc2cc3oc4cc(N(c5ccccc5)c5ccccc5)ccc4c3cc12. The summed E-state index contributed by atoms with van der Waals surface area (Å²) in [6, 6.07) is 33.8. The van der Waals surface area contributed by atoms with Gasteiger partial charge in [0.1, 0.15) is 28.1 Å². The van der Waals surface area contributed by atoms with Gasteiger partial charge in [-0.25, -0.2) is 4.39 Å². The Hall–Kier alpha value is -4.90. The van der Waals surface area contributed by atoms with E-state index in [9.17, 15) is 9.18 Å². The van der Waals surface area contributed by atoms with E-state index in [-0.39, 0.29) is 11.0 Å². The van der Waals surface area contributed by atoms with Gasteiger partial charge in [-0.1, -0.05) is 36.4 Å². The van der Waals surface area contributed by atoms with Crippen LogP contribution in [0.3, 0.4) is 0 Å². The van der Waals surface area contributed by atoms with Crippen molar-refractivity contribution >= 4 is 60.9 Å². The zero-order valence-corrected chi connectivity index (χ0v) is 18.9. The van der Waals surface area contributed by atoms with E-state index in [2.05, 4.69) is 29.2 Å². The van der Waals surface area contributed by atoms with Crippen LogP contribution in [0.2, 0.25) is 0 Å². The lowest BCUT2D eigenvalue weighted by molar-refractivity contribution is 0.615. The molecule has 0 unspecified atom stereocenters. The second kappa shape index (κ2) is 7.82. The first kappa shape index (κ1) is 20.5. The highest BCUT2D eigenvalue weighted by atomic mass is 19.1. The number of fused-ring (bicyclic) bond motifs is 5. The van der Waals surface area contributed by atoms with Gasteiger partial charge in [0.2, 0.25) is 5.43 Å². The maximum Gasteiger partial charge on any atom is 0.200 e. The number of hydrogen-bond donors (Lipinski definition) is 0. The maximum atomic E-state index is 13.7. The number of anilines is 3. The lowest BCUT2D eigenvalue weighted by atomic mass is 10.1. The topological polar surface area (TPSA) is 46.6 Å². The lowest BCUT2D eigenvalue weighted by Crippen LogP contribution is -2.09. The van der Waals surface area contributed by atoms with Crippen molar-refractivity contribution < 1.29 is 13.2 Å². The minimum Gasteiger partial charge on any atom is -0.456 e. The van der Waals surface area contributed by atoms with Crippen LogP contribution in [-0.2, 0) is 0 Å². The van der Waals surface area contributed by atoms with Gasteiger partial charge < -0.3 is 13.7 Å². The molecule has 0 radical (unpaired) electrons. The van der Waals surface area contributed by atoms with Gasteiger partial charge in [0, 0.05) is 46.0 Å². The molecule has 5 heteroatoms. The van der Waals surface area contributed by atoms with Gasteiger partial charge in [-0.3, -0.25) is 4.79 Å². The summed E-state index contributed by atoms with van der Waals surface area (Å²) in [5, 5.41) is 2.50. The molecular formula is C31H18FNO3. The smallest absolute Gasteiger partial charge is 0.200 e. The maximum absolute atomic E-state index is 13.7. The summed E-state index contributed by atoms with van der Waals surface area (Å²) >= 11 is 0. The van der Waals surface area contributed by atoms with E-state index in [1.807, 2.05) is 54.6 Å². The molecule has 0 saturated carbocycles. The molecule has 5 aromatic carbocycles. The fraction of sp³-hybridized carbons (Fsp3) is 0. The zero-order chi connectivity index (χ0) is 24.2. The van der Waals surface area contributed by atoms with Crippen LogP contribution in [0.5, 0.6) is 0 Å². The van der Waals surface area contributed by atoms with E-state index < -0.39 is 5.82 Å². The number of para-hydroxylation sites is 2. The molecule has 2 heterocycles. The van der Waals surface area contributed by atoms with E-state index in [1.165, 1.54) is 18.2 Å². The minimum atomic E-state index is -0.455. The van der Waals surface area contributed by atoms with Crippen LogP contribution in [0.1, 0.15) is 0 Å². The van der Waals surface area contributed by atoms with Gasteiger partial charge in [0.15, 0.2) is 0 Å². The number of rotatable bonds is 3. The predicted octanol–water partition coefficient (Wildman–Crippen LogP) is 8.45. The molecule has 0 saturated heterocycles. The first-order valence-electron chi connectivity index (χ1n) is 11.6. The second-order valence-corrected chi connectivity index (χ2v) is 8.71. The third-order valence-electron chi connectivity index (χ3n) is 6.50. The average molecular weight is 471 g/mol. The van der Waals surface area contributed by atoms with Crippen molar-refractivity contribution in [3.05, 3.63) is 125 Å². The summed E-state index contributed by atoms with van der Waals surface area (Å²) in [6.07, 6.45) is 0. The Morgan fingerprint density at radius 1 is 0.500 bits per heavy atom. The molecule has 0 aliphatic rings. The fourth-order valence-corrected chi connectivity index (χ4v) is 4.83. The molecule has 4 nitrogen and oxygen atoms in total. The summed E-state index contributed by atoms with van der Waals surface area (Å²) in [6.45, 7) is 0. The first-order chi connectivity index (χ1) is 17.7. The first-order valence-corrected chi connectivity index (χ1v) is 11.6. The summed E-state index contributed by atoms with van der Waals surface area (Å²) in [4.78, 5) is 15.3. The quantitative estimate of drug-likeness (QED) is 0.243. The van der Waals surface area contributed by atoms with Gasteiger partial charge >= 0.3 is 0 Å². The molecule has 0 bridgehead atoms. The summed E-state index contributed by atoms with van der Waals surface area (Å²) in [5.41, 5.74) is 4.67. The Labute approximate surface area is 204 Å². The molecule has 0 N–H and O–H groups in total. The number of halogens is 1. The van der Waals surface area contributed by atoms with E-state index in [0.29, 0.717) is 27.5 Å². The van der Waals surface area contributed by atoms with Crippen LogP contribution in [-0.4, -0.2) is 0 Å². The molecule has 0 aliphatic carbocycles. The second-order valence-electron chi connectivity index (χ2n) is 8.71. The molecule has 172 valence electrons. The summed E-state index contributed by atoms with van der Waals surface area (Å²) < 4.78 is 25.8. The fourth-order valence-electron chi connectivity index (χ4n) is 4.83.